The number of allylic oxidation sites excluding steroid dienone is 3. The number of carbonyl (C=O) groups excluding carboxylic acids is 6. The number of aliphatic hydroxyl groups excluding tert-OH is 1. The van der Waals surface area contributed by atoms with Crippen molar-refractivity contribution in [2.75, 3.05) is 21.2 Å². The van der Waals surface area contributed by atoms with Gasteiger partial charge < -0.3 is 62.2 Å². The van der Waals surface area contributed by atoms with Crippen LogP contribution in [0.25, 0.3) is 0 Å². The van der Waals surface area contributed by atoms with Gasteiger partial charge in [-0.3, -0.25) is 24.0 Å². The molecule has 3 heterocycles. The predicted molar refractivity (Wildman–Crippen MR) is 224 cm³/mol. The van der Waals surface area contributed by atoms with E-state index >= 15 is 0 Å². The first-order valence-electron chi connectivity index (χ1n) is 21.9. The van der Waals surface area contributed by atoms with Gasteiger partial charge in [-0.05, 0) is 72.5 Å². The molecule has 3 aliphatic rings. The van der Waals surface area contributed by atoms with Gasteiger partial charge in [-0.2, -0.15) is 0 Å². The Kier molecular flexibility index (Phi) is 21.3. The highest BCUT2D eigenvalue weighted by Gasteiger charge is 2.54. The number of likely N-dealkylation sites (N-methyl/N-ethyl adjacent to an activating group) is 1. The van der Waals surface area contributed by atoms with E-state index in [1.807, 2.05) is 13.0 Å². The van der Waals surface area contributed by atoms with E-state index in [1.165, 1.54) is 21.0 Å². The normalized spacial score (nSPS) is 38.1. The molecule has 3 aliphatic heterocycles. The zero-order valence-electron chi connectivity index (χ0n) is 38.9. The number of aliphatic hydroxyl groups is 1. The Balaban J connectivity index is 2.04. The Labute approximate surface area is 371 Å². The van der Waals surface area contributed by atoms with E-state index in [0.717, 1.165) is 6.29 Å². The number of cyclic esters (lactones) is 1. The maximum Gasteiger partial charge on any atom is 0.310 e. The number of aldehydes is 1. The summed E-state index contributed by atoms with van der Waals surface area (Å²) in [7, 11) is 4.85. The quantitative estimate of drug-likeness (QED) is 0.148. The van der Waals surface area contributed by atoms with E-state index in [9.17, 15) is 33.9 Å². The summed E-state index contributed by atoms with van der Waals surface area (Å²) in [6, 6.07) is -0.808. The molecule has 0 saturated carbocycles. The smallest absolute Gasteiger partial charge is 0.310 e. The molecule has 0 aromatic carbocycles. The fraction of sp³-hybridized carbons (Fsp3) is 0.778. The highest BCUT2D eigenvalue weighted by Crippen LogP contribution is 2.39. The second-order valence-electron chi connectivity index (χ2n) is 17.1. The zero-order chi connectivity index (χ0) is 47.2. The number of rotatable bonds is 14. The molecule has 0 spiro atoms. The third kappa shape index (κ3) is 15.4. The number of methoxy groups -OCH3 is 1. The lowest BCUT2D eigenvalue weighted by Crippen LogP contribution is -2.66. The first-order valence-corrected chi connectivity index (χ1v) is 21.9. The number of carbonyl (C=O) groups is 6. The average molecular weight is 898 g/mol. The Morgan fingerprint density at radius 1 is 0.889 bits per heavy atom. The van der Waals surface area contributed by atoms with Gasteiger partial charge in [0.05, 0.1) is 30.8 Å². The minimum absolute atomic E-state index is 0.0178. The minimum Gasteiger partial charge on any atom is -0.459 e. The second kappa shape index (κ2) is 25.1. The Hall–Kier alpha value is -3.78. The Bertz CT molecular complexity index is 1590. The summed E-state index contributed by atoms with van der Waals surface area (Å²) in [5, 5.41) is 12.2. The molecule has 1 N–H and O–H groups in total. The molecule has 0 amide bonds. The van der Waals surface area contributed by atoms with Crippen molar-refractivity contribution < 1.29 is 81.2 Å². The molecule has 0 radical (unpaired) electrons. The molecule has 18 nitrogen and oxygen atoms in total. The lowest BCUT2D eigenvalue weighted by Gasteiger charge is -2.50. The Morgan fingerprint density at radius 2 is 1.56 bits per heavy atom. The number of esters is 5. The fourth-order valence-corrected chi connectivity index (χ4v) is 8.56. The number of hydrogen-bond donors (Lipinski definition) is 1. The SMILES string of the molecule is CCC(=O)O[C@@H]1CC(=O)O[C@H](C)C(OC(C)=O)/C=C/C=C/C[C@H](C)C[C@H](CC=O)[C@H](O[C@@H]2O[C@@H](C)[C@@H](O[C@@H]3C[C@@](C)(OC(C)=O)[C@@H](OC(=O)CC)[C@H](C)O3)[C@H](N(C)C)[C@@H]2O)[C@H]1OC. The van der Waals surface area contributed by atoms with E-state index in [-0.39, 0.29) is 31.6 Å². The highest BCUT2D eigenvalue weighted by molar-refractivity contribution is 5.73. The van der Waals surface area contributed by atoms with Crippen LogP contribution in [0.15, 0.2) is 24.3 Å². The summed E-state index contributed by atoms with van der Waals surface area (Å²) in [6.45, 7) is 14.4. The summed E-state index contributed by atoms with van der Waals surface area (Å²) in [5.74, 6) is -3.72. The lowest BCUT2D eigenvalue weighted by atomic mass is 9.83. The summed E-state index contributed by atoms with van der Waals surface area (Å²) < 4.78 is 60.5. The van der Waals surface area contributed by atoms with Crippen LogP contribution < -0.4 is 0 Å². The molecule has 63 heavy (non-hydrogen) atoms. The first-order chi connectivity index (χ1) is 29.7. The van der Waals surface area contributed by atoms with Crippen LogP contribution in [0.1, 0.15) is 107 Å². The van der Waals surface area contributed by atoms with Gasteiger partial charge in [-0.1, -0.05) is 39.0 Å². The van der Waals surface area contributed by atoms with Gasteiger partial charge >= 0.3 is 29.8 Å². The Morgan fingerprint density at radius 3 is 2.14 bits per heavy atom. The van der Waals surface area contributed by atoms with Crippen LogP contribution in [0, 0.1) is 11.8 Å². The van der Waals surface area contributed by atoms with Gasteiger partial charge in [-0.15, -0.1) is 0 Å². The second-order valence-corrected chi connectivity index (χ2v) is 17.1. The maximum absolute atomic E-state index is 13.6. The van der Waals surface area contributed by atoms with Crippen molar-refractivity contribution in [1.82, 2.24) is 4.90 Å². The van der Waals surface area contributed by atoms with Crippen molar-refractivity contribution in [3.8, 4) is 0 Å². The number of nitrogens with zero attached hydrogens (tertiary/aromatic N) is 1. The molecule has 0 bridgehead atoms. The lowest BCUT2D eigenvalue weighted by molar-refractivity contribution is -0.344. The van der Waals surface area contributed by atoms with Crippen LogP contribution in [-0.2, 0) is 76.1 Å². The molecule has 0 aliphatic carbocycles. The van der Waals surface area contributed by atoms with Crippen LogP contribution in [0.2, 0.25) is 0 Å². The van der Waals surface area contributed by atoms with Crippen LogP contribution >= 0.6 is 0 Å². The fourth-order valence-electron chi connectivity index (χ4n) is 8.56. The van der Waals surface area contributed by atoms with Crippen LogP contribution in [0.3, 0.4) is 0 Å². The van der Waals surface area contributed by atoms with E-state index in [0.29, 0.717) is 12.8 Å². The summed E-state index contributed by atoms with van der Waals surface area (Å²) in [6.07, 6.45) is -4.32. The van der Waals surface area contributed by atoms with E-state index in [2.05, 4.69) is 0 Å². The van der Waals surface area contributed by atoms with Crippen molar-refractivity contribution in [3.05, 3.63) is 24.3 Å². The molecule has 0 aromatic rings. The monoisotopic (exact) mass is 897 g/mol. The van der Waals surface area contributed by atoms with Crippen LogP contribution in [-0.4, -0.2) is 153 Å². The largest absolute Gasteiger partial charge is 0.459 e. The average Bonchev–Trinajstić information content (AvgIpc) is 3.18. The number of hydrogen-bond acceptors (Lipinski definition) is 18. The third-order valence-corrected chi connectivity index (χ3v) is 11.5. The van der Waals surface area contributed by atoms with Crippen molar-refractivity contribution >= 4 is 36.1 Å². The van der Waals surface area contributed by atoms with E-state index in [1.54, 1.807) is 78.8 Å². The molecule has 0 aromatic heterocycles. The molecule has 1 unspecified atom stereocenters. The van der Waals surface area contributed by atoms with Crippen LogP contribution in [0.5, 0.6) is 0 Å². The van der Waals surface area contributed by atoms with Gasteiger partial charge in [0.15, 0.2) is 30.4 Å². The molecule has 3 rings (SSSR count). The van der Waals surface area contributed by atoms with Gasteiger partial charge in [0.1, 0.15) is 36.8 Å². The van der Waals surface area contributed by atoms with Crippen molar-refractivity contribution in [1.29, 1.82) is 0 Å². The molecule has 18 heteroatoms. The van der Waals surface area contributed by atoms with Gasteiger partial charge in [0.25, 0.3) is 0 Å². The van der Waals surface area contributed by atoms with Gasteiger partial charge in [0, 0.05) is 46.6 Å². The van der Waals surface area contributed by atoms with Crippen molar-refractivity contribution in [2.24, 2.45) is 11.8 Å². The van der Waals surface area contributed by atoms with Crippen LogP contribution in [0.4, 0.5) is 0 Å². The van der Waals surface area contributed by atoms with Gasteiger partial charge in [0.2, 0.25) is 0 Å². The van der Waals surface area contributed by atoms with Gasteiger partial charge in [-0.25, -0.2) is 0 Å². The third-order valence-electron chi connectivity index (χ3n) is 11.5. The standard InChI is InChI=1S/C45H71NO17/c1-13-34(50)59-33-23-36(52)55-26(4)32(58-29(7)48)19-17-15-16-18-25(3)22-31(20-21-47)41(42(33)54-12)62-44-39(53)38(46(10)11)40(27(5)57-44)61-37-24-45(9,63-30(8)49)43(28(6)56-37)60-35(51)14-2/h15-17,19,21,25-28,31-33,37-44,53H,13-14,18,20,22-24H2,1-12H3/b16-15+,19-17+/t25-,26+,27-,28-,31-,32?,33+,37+,38+,39-,40+,41-,42-,43-,44-,45+/m0/s1. The first kappa shape index (κ1) is 53.6. The summed E-state index contributed by atoms with van der Waals surface area (Å²) >= 11 is 0. The molecular formula is C45H71NO17. The minimum atomic E-state index is -1.41. The maximum atomic E-state index is 13.6. The van der Waals surface area contributed by atoms with Crippen molar-refractivity contribution in [2.45, 2.75) is 193 Å². The van der Waals surface area contributed by atoms with Crippen molar-refractivity contribution in [3.63, 3.8) is 0 Å². The number of ether oxygens (including phenoxy) is 10. The predicted octanol–water partition coefficient (Wildman–Crippen LogP) is 3.91. The molecule has 358 valence electrons. The highest BCUT2D eigenvalue weighted by atomic mass is 16.7. The molecular weight excluding hydrogens is 826 g/mol. The summed E-state index contributed by atoms with van der Waals surface area (Å²) in [5.41, 5.74) is -1.32. The molecule has 2 saturated heterocycles. The summed E-state index contributed by atoms with van der Waals surface area (Å²) in [4.78, 5) is 77.4. The van der Waals surface area contributed by atoms with E-state index < -0.39 is 127 Å². The molecule has 2 fully saturated rings. The molecule has 16 atom stereocenters. The van der Waals surface area contributed by atoms with E-state index in [4.69, 9.17) is 47.4 Å². The topological polar surface area (TPSA) is 218 Å². The zero-order valence-corrected chi connectivity index (χ0v) is 38.9.